The molecule has 10 heteroatoms. The molecule has 0 radical (unpaired) electrons. The molecule has 1 fully saturated rings. The topological polar surface area (TPSA) is 141 Å². The third-order valence-corrected chi connectivity index (χ3v) is 6.73. The van der Waals surface area contributed by atoms with E-state index in [9.17, 15) is 15.0 Å². The summed E-state index contributed by atoms with van der Waals surface area (Å²) in [6.45, 7) is 5.19. The molecule has 0 aromatic carbocycles. The predicted octanol–water partition coefficient (Wildman–Crippen LogP) is 1.38. The Morgan fingerprint density at radius 2 is 2.10 bits per heavy atom. The fourth-order valence-corrected chi connectivity index (χ4v) is 4.29. The molecule has 0 spiro atoms. The van der Waals surface area contributed by atoms with Gasteiger partial charge in [0.15, 0.2) is 6.23 Å². The molecule has 1 aliphatic heterocycles. The third kappa shape index (κ3) is 6.94. The summed E-state index contributed by atoms with van der Waals surface area (Å²) in [6.07, 6.45) is 5.93. The number of aliphatic hydroxyl groups excluding tert-OH is 2. The Labute approximate surface area is 177 Å². The standard InChI is InChI=1S/C20H35N4O5P/c1-13(19(27)28)7-5-6-10-22-20-23-15(21)8-11-24(20)18-17(26)16(25)14(29-18)9-12-30(2,3)4/h8,11,13-14,16-18,25-26H,2,5-7,9-10,12H2,1,3-4H3,(H,27,28)(H2,21,22,23)/t13?,14?,16-,17-,18-/m1/s1. The summed E-state index contributed by atoms with van der Waals surface area (Å²) in [5.74, 6) is -0.805. The van der Waals surface area contributed by atoms with Crippen molar-refractivity contribution in [3.63, 3.8) is 0 Å². The van der Waals surface area contributed by atoms with Gasteiger partial charge in [-0.15, -0.1) is 13.2 Å². The summed E-state index contributed by atoms with van der Waals surface area (Å²) >= 11 is 0. The zero-order valence-corrected chi connectivity index (χ0v) is 18.9. The van der Waals surface area contributed by atoms with Gasteiger partial charge in [-0.2, -0.15) is 4.98 Å². The molecule has 1 aromatic rings. The highest BCUT2D eigenvalue weighted by Crippen LogP contribution is 2.39. The first-order valence-electron chi connectivity index (χ1n) is 10.3. The first-order chi connectivity index (χ1) is 14.0. The number of hydrogen-bond acceptors (Lipinski definition) is 7. The van der Waals surface area contributed by atoms with E-state index in [4.69, 9.17) is 15.3 Å². The zero-order chi connectivity index (χ0) is 22.5. The molecule has 2 heterocycles. The lowest BCUT2D eigenvalue weighted by molar-refractivity contribution is -0.141. The lowest BCUT2D eigenvalue weighted by Crippen LogP contribution is -2.33. The van der Waals surface area contributed by atoms with E-state index in [2.05, 4.69) is 29.9 Å². The van der Waals surface area contributed by atoms with E-state index >= 15 is 0 Å². The van der Waals surface area contributed by atoms with E-state index in [1.54, 1.807) is 17.7 Å². The average molecular weight is 442 g/mol. The van der Waals surface area contributed by atoms with Gasteiger partial charge in [-0.05, 0) is 44.8 Å². The van der Waals surface area contributed by atoms with Gasteiger partial charge in [-0.3, -0.25) is 14.8 Å². The lowest BCUT2D eigenvalue weighted by Gasteiger charge is -2.22. The smallest absolute Gasteiger partial charge is 0.306 e. The number of aliphatic hydroxyl groups is 2. The summed E-state index contributed by atoms with van der Waals surface area (Å²) in [7, 11) is 0. The number of carbonyl (C=O) groups is 1. The summed E-state index contributed by atoms with van der Waals surface area (Å²) < 4.78 is 7.59. The van der Waals surface area contributed by atoms with Crippen molar-refractivity contribution in [1.29, 1.82) is 5.41 Å². The predicted molar refractivity (Wildman–Crippen MR) is 119 cm³/mol. The first kappa shape index (κ1) is 24.6. The number of rotatable bonds is 11. The molecule has 2 rings (SSSR count). The fraction of sp³-hybridized carbons (Fsp3) is 0.700. The third-order valence-electron chi connectivity index (χ3n) is 5.26. The zero-order valence-electron chi connectivity index (χ0n) is 18.0. The summed E-state index contributed by atoms with van der Waals surface area (Å²) in [6, 6.07) is 1.50. The summed E-state index contributed by atoms with van der Waals surface area (Å²) in [5, 5.41) is 40.9. The second-order valence-electron chi connectivity index (χ2n) is 8.70. The number of nitrogens with zero attached hydrogens (tertiary/aromatic N) is 2. The van der Waals surface area contributed by atoms with E-state index in [-0.39, 0.29) is 11.4 Å². The molecule has 2 unspecified atom stereocenters. The van der Waals surface area contributed by atoms with E-state index < -0.39 is 37.4 Å². The summed E-state index contributed by atoms with van der Waals surface area (Å²) in [5.41, 5.74) is 0.0708. The van der Waals surface area contributed by atoms with Gasteiger partial charge in [-0.1, -0.05) is 13.3 Å². The van der Waals surface area contributed by atoms with Gasteiger partial charge in [0.1, 0.15) is 17.7 Å². The normalized spacial score (nSPS) is 25.2. The quantitative estimate of drug-likeness (QED) is 0.258. The SMILES string of the molecule is C=P(C)(C)CCC1O[C@@H](n2ccc(=N)nc2NCCCCC(C)C(=O)O)[C@H](O)[C@@H]1O. The Hall–Kier alpha value is -1.67. The minimum atomic E-state index is -1.27. The largest absolute Gasteiger partial charge is 0.481 e. The van der Waals surface area contributed by atoms with Gasteiger partial charge in [0, 0.05) is 12.7 Å². The molecule has 0 amide bonds. The van der Waals surface area contributed by atoms with Gasteiger partial charge in [0.2, 0.25) is 5.95 Å². The van der Waals surface area contributed by atoms with Crippen LogP contribution in [0.1, 0.15) is 38.8 Å². The molecule has 5 atom stereocenters. The van der Waals surface area contributed by atoms with Gasteiger partial charge < -0.3 is 25.4 Å². The number of anilines is 1. The van der Waals surface area contributed by atoms with Crippen LogP contribution in [0.25, 0.3) is 0 Å². The molecule has 1 aliphatic rings. The first-order valence-corrected chi connectivity index (χ1v) is 13.3. The van der Waals surface area contributed by atoms with Gasteiger partial charge in [0.05, 0.1) is 12.0 Å². The highest BCUT2D eigenvalue weighted by atomic mass is 31.2. The van der Waals surface area contributed by atoms with Crippen molar-refractivity contribution in [1.82, 2.24) is 9.55 Å². The highest BCUT2D eigenvalue weighted by Gasteiger charge is 2.43. The molecule has 1 saturated heterocycles. The molecule has 170 valence electrons. The number of hydrogen-bond donors (Lipinski definition) is 5. The van der Waals surface area contributed by atoms with Crippen LogP contribution in [0.2, 0.25) is 0 Å². The van der Waals surface area contributed by atoms with Crippen LogP contribution < -0.4 is 10.8 Å². The second-order valence-corrected chi connectivity index (χ2v) is 13.0. The number of carboxylic acids is 1. The van der Waals surface area contributed by atoms with Crippen LogP contribution >= 0.6 is 6.89 Å². The van der Waals surface area contributed by atoms with Gasteiger partial charge in [0.25, 0.3) is 0 Å². The number of nitrogens with one attached hydrogen (secondary N) is 2. The number of aromatic nitrogens is 2. The van der Waals surface area contributed by atoms with Crippen molar-refractivity contribution in [3.8, 4) is 0 Å². The fourth-order valence-electron chi connectivity index (χ4n) is 3.34. The van der Waals surface area contributed by atoms with Crippen molar-refractivity contribution >= 4 is 25.1 Å². The van der Waals surface area contributed by atoms with Crippen molar-refractivity contribution in [2.45, 2.75) is 57.1 Å². The maximum Gasteiger partial charge on any atom is 0.306 e. The van der Waals surface area contributed by atoms with Crippen molar-refractivity contribution < 1.29 is 24.9 Å². The Morgan fingerprint density at radius 1 is 1.40 bits per heavy atom. The molecule has 9 nitrogen and oxygen atoms in total. The number of unbranched alkanes of at least 4 members (excludes halogenated alkanes) is 1. The van der Waals surface area contributed by atoms with Gasteiger partial charge >= 0.3 is 5.97 Å². The molecule has 1 aromatic heterocycles. The minimum Gasteiger partial charge on any atom is -0.481 e. The van der Waals surface area contributed by atoms with Crippen LogP contribution in [0.5, 0.6) is 0 Å². The number of aliphatic carboxylic acids is 1. The molecular weight excluding hydrogens is 407 g/mol. The second kappa shape index (κ2) is 10.6. The van der Waals surface area contributed by atoms with Crippen LogP contribution in [0.15, 0.2) is 12.3 Å². The van der Waals surface area contributed by atoms with Crippen LogP contribution in [0.4, 0.5) is 5.95 Å². The minimum absolute atomic E-state index is 0.0708. The van der Waals surface area contributed by atoms with Crippen molar-refractivity contribution in [2.24, 2.45) is 5.92 Å². The Bertz CT molecular complexity index is 824. The lowest BCUT2D eigenvalue weighted by atomic mass is 10.0. The van der Waals surface area contributed by atoms with E-state index in [1.807, 2.05) is 0 Å². The van der Waals surface area contributed by atoms with E-state index in [1.165, 1.54) is 6.07 Å². The molecule has 30 heavy (non-hydrogen) atoms. The molecule has 0 saturated carbocycles. The van der Waals surface area contributed by atoms with E-state index in [0.717, 1.165) is 19.0 Å². The van der Waals surface area contributed by atoms with Crippen molar-refractivity contribution in [3.05, 3.63) is 17.8 Å². The summed E-state index contributed by atoms with van der Waals surface area (Å²) in [4.78, 5) is 15.1. The van der Waals surface area contributed by atoms with E-state index in [0.29, 0.717) is 25.3 Å². The van der Waals surface area contributed by atoms with Crippen LogP contribution in [0, 0.1) is 11.3 Å². The maximum absolute atomic E-state index is 10.9. The van der Waals surface area contributed by atoms with Gasteiger partial charge in [-0.25, -0.2) is 0 Å². The van der Waals surface area contributed by atoms with Crippen molar-refractivity contribution in [2.75, 3.05) is 31.4 Å². The molecule has 0 bridgehead atoms. The molecule has 0 aliphatic carbocycles. The van der Waals surface area contributed by atoms with Crippen LogP contribution in [-0.4, -0.2) is 81.5 Å². The van der Waals surface area contributed by atoms with Crippen LogP contribution in [-0.2, 0) is 9.53 Å². The molecule has 5 N–H and O–H groups in total. The Kier molecular flexibility index (Phi) is 8.67. The number of ether oxygens (including phenoxy) is 1. The Morgan fingerprint density at radius 3 is 2.73 bits per heavy atom. The highest BCUT2D eigenvalue weighted by molar-refractivity contribution is 7.72. The number of carboxylic acid groups (broad SMARTS) is 1. The monoisotopic (exact) mass is 442 g/mol. The molecular formula is C20H35N4O5P. The maximum atomic E-state index is 10.9. The Balaban J connectivity index is 2.02. The average Bonchev–Trinajstić information content (AvgIpc) is 2.93. The van der Waals surface area contributed by atoms with Crippen LogP contribution in [0.3, 0.4) is 0 Å².